The summed E-state index contributed by atoms with van der Waals surface area (Å²) in [6, 6.07) is 13.4. The van der Waals surface area contributed by atoms with Crippen LogP contribution in [0.2, 0.25) is 0 Å². The maximum atomic E-state index is 13.1. The van der Waals surface area contributed by atoms with Crippen LogP contribution in [0.15, 0.2) is 42.5 Å². The molecule has 1 aliphatic rings. The van der Waals surface area contributed by atoms with Crippen LogP contribution in [0.3, 0.4) is 0 Å². The Labute approximate surface area is 170 Å². The van der Waals surface area contributed by atoms with Crippen molar-refractivity contribution in [3.63, 3.8) is 0 Å². The van der Waals surface area contributed by atoms with Gasteiger partial charge in [-0.15, -0.1) is 0 Å². The van der Waals surface area contributed by atoms with Gasteiger partial charge in [-0.05, 0) is 62.3 Å². The van der Waals surface area contributed by atoms with E-state index in [4.69, 9.17) is 9.72 Å². The van der Waals surface area contributed by atoms with Crippen LogP contribution in [0.4, 0.5) is 0 Å². The molecule has 0 unspecified atom stereocenters. The Balaban J connectivity index is 1.66. The number of esters is 1. The number of ether oxygens (including phenoxy) is 1. The minimum Gasteiger partial charge on any atom is -0.454 e. The number of Topliss-reactive ketones (excluding diaryl/α,β-unsaturated/α-hetero) is 1. The number of aromatic nitrogens is 1. The minimum absolute atomic E-state index is 0.180. The monoisotopic (exact) mass is 387 g/mol. The first kappa shape index (κ1) is 19.3. The second kappa shape index (κ2) is 7.78. The Morgan fingerprint density at radius 1 is 1.14 bits per heavy atom. The molecule has 4 nitrogen and oxygen atoms in total. The zero-order valence-electron chi connectivity index (χ0n) is 17.1. The highest BCUT2D eigenvalue weighted by Crippen LogP contribution is 2.32. The standard InChI is InChI=1S/C25H25NO3/c1-15-8-10-17(3)19(12-15)23(27)14-29-25(28)24-18-6-4-5-7-21(18)26-22-11-9-16(2)13-20(22)24/h4-8,10,12,16H,9,11,13-14H2,1-3H3/t16-/m0/s1. The number of rotatable bonds is 4. The summed E-state index contributed by atoms with van der Waals surface area (Å²) in [4.78, 5) is 30.6. The summed E-state index contributed by atoms with van der Waals surface area (Å²) >= 11 is 0. The highest BCUT2D eigenvalue weighted by Gasteiger charge is 2.26. The van der Waals surface area contributed by atoms with E-state index in [9.17, 15) is 9.59 Å². The molecule has 0 bridgehead atoms. The number of benzene rings is 2. The van der Waals surface area contributed by atoms with Gasteiger partial charge in [-0.3, -0.25) is 9.78 Å². The van der Waals surface area contributed by atoms with E-state index < -0.39 is 5.97 Å². The van der Waals surface area contributed by atoms with Crippen molar-refractivity contribution < 1.29 is 14.3 Å². The molecule has 2 aromatic carbocycles. The molecule has 1 aromatic heterocycles. The molecule has 4 heteroatoms. The quantitative estimate of drug-likeness (QED) is 0.466. The topological polar surface area (TPSA) is 56.3 Å². The fourth-order valence-electron chi connectivity index (χ4n) is 4.11. The van der Waals surface area contributed by atoms with E-state index >= 15 is 0 Å². The SMILES string of the molecule is Cc1ccc(C)c(C(=O)COC(=O)c2c3c(nc4ccccc24)CC[C@H](C)C3)c1. The lowest BCUT2D eigenvalue weighted by atomic mass is 9.84. The van der Waals surface area contributed by atoms with E-state index in [1.165, 1.54) is 0 Å². The van der Waals surface area contributed by atoms with Crippen molar-refractivity contribution in [1.29, 1.82) is 0 Å². The van der Waals surface area contributed by atoms with Crippen molar-refractivity contribution in [1.82, 2.24) is 4.98 Å². The second-order valence-corrected chi connectivity index (χ2v) is 8.09. The van der Waals surface area contributed by atoms with Crippen LogP contribution >= 0.6 is 0 Å². The largest absolute Gasteiger partial charge is 0.454 e. The number of fused-ring (bicyclic) bond motifs is 2. The van der Waals surface area contributed by atoms with Gasteiger partial charge in [0.15, 0.2) is 6.61 Å². The van der Waals surface area contributed by atoms with Gasteiger partial charge >= 0.3 is 5.97 Å². The molecule has 4 rings (SSSR count). The van der Waals surface area contributed by atoms with E-state index in [0.29, 0.717) is 17.0 Å². The van der Waals surface area contributed by atoms with E-state index in [2.05, 4.69) is 6.92 Å². The molecule has 1 heterocycles. The van der Waals surface area contributed by atoms with E-state index in [1.807, 2.05) is 56.3 Å². The van der Waals surface area contributed by atoms with Crippen molar-refractivity contribution in [2.24, 2.45) is 5.92 Å². The summed E-state index contributed by atoms with van der Waals surface area (Å²) in [5.74, 6) is -0.124. The molecule has 3 aromatic rings. The summed E-state index contributed by atoms with van der Waals surface area (Å²) in [5.41, 5.74) is 5.83. The van der Waals surface area contributed by atoms with Gasteiger partial charge in [0.25, 0.3) is 0 Å². The number of hydrogen-bond donors (Lipinski definition) is 0. The van der Waals surface area contributed by atoms with Crippen LogP contribution in [-0.2, 0) is 17.6 Å². The lowest BCUT2D eigenvalue weighted by molar-refractivity contribution is 0.0474. The van der Waals surface area contributed by atoms with Crippen molar-refractivity contribution in [2.75, 3.05) is 6.61 Å². The third kappa shape index (κ3) is 3.80. The number of carbonyl (C=O) groups excluding carboxylic acids is 2. The maximum Gasteiger partial charge on any atom is 0.339 e. The molecule has 29 heavy (non-hydrogen) atoms. The van der Waals surface area contributed by atoms with Gasteiger partial charge in [0, 0.05) is 16.6 Å². The van der Waals surface area contributed by atoms with Gasteiger partial charge in [-0.25, -0.2) is 4.79 Å². The molecule has 0 saturated heterocycles. The Morgan fingerprint density at radius 2 is 1.93 bits per heavy atom. The van der Waals surface area contributed by atoms with Gasteiger partial charge in [0.1, 0.15) is 0 Å². The van der Waals surface area contributed by atoms with Crippen molar-refractivity contribution in [3.05, 3.63) is 76.0 Å². The van der Waals surface area contributed by atoms with Gasteiger partial charge < -0.3 is 4.74 Å². The number of hydrogen-bond acceptors (Lipinski definition) is 4. The van der Waals surface area contributed by atoms with Crippen LogP contribution in [0.5, 0.6) is 0 Å². The predicted octanol–water partition coefficient (Wildman–Crippen LogP) is 5.02. The molecular weight excluding hydrogens is 362 g/mol. The normalized spacial score (nSPS) is 15.8. The minimum atomic E-state index is -0.437. The third-order valence-corrected chi connectivity index (χ3v) is 5.74. The molecular formula is C25H25NO3. The van der Waals surface area contributed by atoms with Gasteiger partial charge in [-0.1, -0.05) is 42.8 Å². The van der Waals surface area contributed by atoms with Gasteiger partial charge in [-0.2, -0.15) is 0 Å². The zero-order chi connectivity index (χ0) is 20.5. The van der Waals surface area contributed by atoms with Crippen LogP contribution in [0.25, 0.3) is 10.9 Å². The molecule has 1 atom stereocenters. The summed E-state index contributed by atoms with van der Waals surface area (Å²) in [7, 11) is 0. The predicted molar refractivity (Wildman–Crippen MR) is 113 cm³/mol. The number of para-hydroxylation sites is 1. The number of pyridine rings is 1. The van der Waals surface area contributed by atoms with Gasteiger partial charge in [0.2, 0.25) is 5.78 Å². The average Bonchev–Trinajstić information content (AvgIpc) is 2.71. The smallest absolute Gasteiger partial charge is 0.339 e. The number of aryl methyl sites for hydroxylation is 3. The lowest BCUT2D eigenvalue weighted by Gasteiger charge is -2.24. The van der Waals surface area contributed by atoms with Crippen LogP contribution in [0, 0.1) is 19.8 Å². The molecule has 0 radical (unpaired) electrons. The Bertz CT molecular complexity index is 1120. The van der Waals surface area contributed by atoms with Crippen molar-refractivity contribution >= 4 is 22.7 Å². The third-order valence-electron chi connectivity index (χ3n) is 5.74. The zero-order valence-corrected chi connectivity index (χ0v) is 17.1. The van der Waals surface area contributed by atoms with Crippen molar-refractivity contribution in [2.45, 2.75) is 40.0 Å². The van der Waals surface area contributed by atoms with Crippen LogP contribution in [-0.4, -0.2) is 23.3 Å². The molecule has 1 aliphatic carbocycles. The summed E-state index contributed by atoms with van der Waals surface area (Å²) in [6.07, 6.45) is 2.74. The number of carbonyl (C=O) groups is 2. The number of ketones is 1. The highest BCUT2D eigenvalue weighted by molar-refractivity contribution is 6.06. The summed E-state index contributed by atoms with van der Waals surface area (Å²) in [6.45, 7) is 5.77. The van der Waals surface area contributed by atoms with E-state index in [1.54, 1.807) is 0 Å². The summed E-state index contributed by atoms with van der Waals surface area (Å²) in [5, 5.41) is 0.796. The Kier molecular flexibility index (Phi) is 5.18. The highest BCUT2D eigenvalue weighted by atomic mass is 16.5. The molecule has 0 spiro atoms. The van der Waals surface area contributed by atoms with Gasteiger partial charge in [0.05, 0.1) is 11.1 Å². The van der Waals surface area contributed by atoms with E-state index in [0.717, 1.165) is 52.5 Å². The second-order valence-electron chi connectivity index (χ2n) is 8.09. The Morgan fingerprint density at radius 3 is 2.76 bits per heavy atom. The van der Waals surface area contributed by atoms with Crippen molar-refractivity contribution in [3.8, 4) is 0 Å². The number of nitrogens with zero attached hydrogens (tertiary/aromatic N) is 1. The fraction of sp³-hybridized carbons (Fsp3) is 0.320. The summed E-state index contributed by atoms with van der Waals surface area (Å²) < 4.78 is 5.53. The molecule has 0 amide bonds. The fourth-order valence-corrected chi connectivity index (χ4v) is 4.11. The average molecular weight is 387 g/mol. The first-order valence-corrected chi connectivity index (χ1v) is 10.1. The molecule has 0 aliphatic heterocycles. The Hall–Kier alpha value is -3.01. The molecule has 0 saturated carbocycles. The molecule has 0 N–H and O–H groups in total. The van der Waals surface area contributed by atoms with Crippen LogP contribution < -0.4 is 0 Å². The first-order valence-electron chi connectivity index (χ1n) is 10.1. The maximum absolute atomic E-state index is 13.1. The lowest BCUT2D eigenvalue weighted by Crippen LogP contribution is -2.21. The first-order chi connectivity index (χ1) is 13.9. The molecule has 148 valence electrons. The van der Waals surface area contributed by atoms with Crippen LogP contribution in [0.1, 0.15) is 56.4 Å². The van der Waals surface area contributed by atoms with E-state index in [-0.39, 0.29) is 12.4 Å². The molecule has 0 fully saturated rings.